The topological polar surface area (TPSA) is 51.2 Å². The molecule has 0 bridgehead atoms. The summed E-state index contributed by atoms with van der Waals surface area (Å²) in [5.74, 6) is -1.24. The van der Waals surface area contributed by atoms with Crippen LogP contribution in [0.5, 0.6) is 0 Å². The number of esters is 1. The number of carbonyl (C=O) groups is 1. The van der Waals surface area contributed by atoms with Crippen LogP contribution in [0.15, 0.2) is 42.7 Å². The van der Waals surface area contributed by atoms with Gasteiger partial charge < -0.3 is 10.1 Å². The summed E-state index contributed by atoms with van der Waals surface area (Å²) in [6.45, 7) is 2.50. The van der Waals surface area contributed by atoms with Gasteiger partial charge in [-0.25, -0.2) is 9.18 Å². The highest BCUT2D eigenvalue weighted by molar-refractivity contribution is 5.89. The standard InChI is InChI=1S/C16H17FN2O2/c1-11(13-4-3-7-18-10-13)19-9-12-5-6-14(15(17)8-12)16(20)21-2/h3-8,10-11,19H,9H2,1-2H3. The quantitative estimate of drug-likeness (QED) is 0.860. The Bertz CT molecular complexity index is 617. The van der Waals surface area contributed by atoms with Gasteiger partial charge in [-0.3, -0.25) is 4.98 Å². The fraction of sp³-hybridized carbons (Fsp3) is 0.250. The molecular formula is C16H17FN2O2. The Morgan fingerprint density at radius 1 is 1.43 bits per heavy atom. The van der Waals surface area contributed by atoms with Crippen molar-refractivity contribution in [3.8, 4) is 0 Å². The maximum Gasteiger partial charge on any atom is 0.340 e. The lowest BCUT2D eigenvalue weighted by Crippen LogP contribution is -2.18. The summed E-state index contributed by atoms with van der Waals surface area (Å²) in [6, 6.07) is 8.44. The number of benzene rings is 1. The Balaban J connectivity index is 2.01. The monoisotopic (exact) mass is 288 g/mol. The molecule has 4 nitrogen and oxygen atoms in total. The minimum atomic E-state index is -0.671. The Labute approximate surface area is 123 Å². The number of rotatable bonds is 5. The lowest BCUT2D eigenvalue weighted by Gasteiger charge is -2.14. The van der Waals surface area contributed by atoms with E-state index in [1.54, 1.807) is 18.5 Å². The molecule has 1 atom stereocenters. The van der Waals surface area contributed by atoms with Gasteiger partial charge in [-0.05, 0) is 36.2 Å². The first-order chi connectivity index (χ1) is 10.1. The van der Waals surface area contributed by atoms with E-state index in [0.29, 0.717) is 6.54 Å². The molecule has 0 spiro atoms. The van der Waals surface area contributed by atoms with E-state index in [2.05, 4.69) is 15.0 Å². The molecule has 0 aliphatic carbocycles. The van der Waals surface area contributed by atoms with Gasteiger partial charge in [-0.2, -0.15) is 0 Å². The third kappa shape index (κ3) is 3.86. The zero-order valence-corrected chi connectivity index (χ0v) is 12.0. The number of hydrogen-bond acceptors (Lipinski definition) is 4. The SMILES string of the molecule is COC(=O)c1ccc(CNC(C)c2cccnc2)cc1F. The van der Waals surface area contributed by atoms with Crippen LogP contribution in [0, 0.1) is 5.82 Å². The van der Waals surface area contributed by atoms with E-state index in [0.717, 1.165) is 11.1 Å². The molecule has 0 saturated carbocycles. The molecule has 2 rings (SSSR count). The van der Waals surface area contributed by atoms with Crippen LogP contribution in [-0.2, 0) is 11.3 Å². The molecule has 5 heteroatoms. The number of hydrogen-bond donors (Lipinski definition) is 1. The third-order valence-corrected chi connectivity index (χ3v) is 3.24. The molecule has 0 amide bonds. The maximum atomic E-state index is 13.8. The molecule has 0 saturated heterocycles. The van der Waals surface area contributed by atoms with Crippen molar-refractivity contribution >= 4 is 5.97 Å². The molecule has 1 aromatic heterocycles. The molecule has 0 fully saturated rings. The second-order valence-corrected chi connectivity index (χ2v) is 4.69. The van der Waals surface area contributed by atoms with Crippen LogP contribution < -0.4 is 5.32 Å². The smallest absolute Gasteiger partial charge is 0.340 e. The third-order valence-electron chi connectivity index (χ3n) is 3.24. The van der Waals surface area contributed by atoms with Crippen molar-refractivity contribution in [2.45, 2.75) is 19.5 Å². The number of nitrogens with zero attached hydrogens (tertiary/aromatic N) is 1. The fourth-order valence-electron chi connectivity index (χ4n) is 1.96. The van der Waals surface area contributed by atoms with E-state index < -0.39 is 11.8 Å². The van der Waals surface area contributed by atoms with E-state index in [4.69, 9.17) is 0 Å². The molecule has 1 unspecified atom stereocenters. The minimum Gasteiger partial charge on any atom is -0.465 e. The van der Waals surface area contributed by atoms with Gasteiger partial charge in [0.1, 0.15) is 5.82 Å². The summed E-state index contributed by atoms with van der Waals surface area (Å²) >= 11 is 0. The van der Waals surface area contributed by atoms with Gasteiger partial charge in [-0.1, -0.05) is 12.1 Å². The molecule has 2 aromatic rings. The van der Waals surface area contributed by atoms with Crippen LogP contribution in [0.25, 0.3) is 0 Å². The Morgan fingerprint density at radius 3 is 2.86 bits per heavy atom. The predicted octanol–water partition coefficient (Wildman–Crippen LogP) is 2.86. The zero-order chi connectivity index (χ0) is 15.2. The average Bonchev–Trinajstić information content (AvgIpc) is 2.52. The van der Waals surface area contributed by atoms with Crippen LogP contribution in [0.2, 0.25) is 0 Å². The van der Waals surface area contributed by atoms with Crippen molar-refractivity contribution < 1.29 is 13.9 Å². The number of nitrogens with one attached hydrogen (secondary N) is 1. The molecular weight excluding hydrogens is 271 g/mol. The van der Waals surface area contributed by atoms with Crippen LogP contribution in [0.1, 0.15) is 34.5 Å². The summed E-state index contributed by atoms with van der Waals surface area (Å²) in [7, 11) is 1.23. The first kappa shape index (κ1) is 15.1. The van der Waals surface area contributed by atoms with Crippen LogP contribution in [0.4, 0.5) is 4.39 Å². The fourth-order valence-corrected chi connectivity index (χ4v) is 1.96. The van der Waals surface area contributed by atoms with Crippen molar-refractivity contribution in [1.29, 1.82) is 0 Å². The zero-order valence-electron chi connectivity index (χ0n) is 12.0. The molecule has 21 heavy (non-hydrogen) atoms. The highest BCUT2D eigenvalue weighted by Crippen LogP contribution is 2.14. The van der Waals surface area contributed by atoms with E-state index in [9.17, 15) is 9.18 Å². The normalized spacial score (nSPS) is 12.0. The number of carbonyl (C=O) groups excluding carboxylic acids is 1. The molecule has 0 aliphatic rings. The second-order valence-electron chi connectivity index (χ2n) is 4.69. The first-order valence-corrected chi connectivity index (χ1v) is 6.62. The van der Waals surface area contributed by atoms with E-state index in [1.807, 2.05) is 19.1 Å². The number of pyridine rings is 1. The molecule has 0 radical (unpaired) electrons. The van der Waals surface area contributed by atoms with Crippen molar-refractivity contribution in [1.82, 2.24) is 10.3 Å². The van der Waals surface area contributed by atoms with Crippen LogP contribution in [0.3, 0.4) is 0 Å². The Hall–Kier alpha value is -2.27. The largest absolute Gasteiger partial charge is 0.465 e. The van der Waals surface area contributed by atoms with E-state index in [1.165, 1.54) is 19.2 Å². The molecule has 1 N–H and O–H groups in total. The van der Waals surface area contributed by atoms with Crippen molar-refractivity contribution in [2.24, 2.45) is 0 Å². The van der Waals surface area contributed by atoms with Gasteiger partial charge in [0.2, 0.25) is 0 Å². The number of aromatic nitrogens is 1. The summed E-state index contributed by atoms with van der Waals surface area (Å²) < 4.78 is 18.3. The minimum absolute atomic E-state index is 0.0541. The summed E-state index contributed by atoms with van der Waals surface area (Å²) in [5.41, 5.74) is 1.77. The molecule has 1 heterocycles. The van der Waals surface area contributed by atoms with E-state index in [-0.39, 0.29) is 11.6 Å². The lowest BCUT2D eigenvalue weighted by atomic mass is 10.1. The van der Waals surface area contributed by atoms with Crippen molar-refractivity contribution in [3.63, 3.8) is 0 Å². The van der Waals surface area contributed by atoms with Crippen LogP contribution in [-0.4, -0.2) is 18.1 Å². The van der Waals surface area contributed by atoms with Gasteiger partial charge >= 0.3 is 5.97 Å². The van der Waals surface area contributed by atoms with Crippen molar-refractivity contribution in [3.05, 3.63) is 65.2 Å². The highest BCUT2D eigenvalue weighted by Gasteiger charge is 2.12. The van der Waals surface area contributed by atoms with E-state index >= 15 is 0 Å². The highest BCUT2D eigenvalue weighted by atomic mass is 19.1. The summed E-state index contributed by atoms with van der Waals surface area (Å²) in [5, 5.41) is 3.28. The molecule has 1 aromatic carbocycles. The van der Waals surface area contributed by atoms with Gasteiger partial charge in [0.25, 0.3) is 0 Å². The van der Waals surface area contributed by atoms with Crippen molar-refractivity contribution in [2.75, 3.05) is 7.11 Å². The predicted molar refractivity (Wildman–Crippen MR) is 77.2 cm³/mol. The second kappa shape index (κ2) is 6.95. The lowest BCUT2D eigenvalue weighted by molar-refractivity contribution is 0.0595. The van der Waals surface area contributed by atoms with Gasteiger partial charge in [0.15, 0.2) is 0 Å². The Morgan fingerprint density at radius 2 is 2.24 bits per heavy atom. The maximum absolute atomic E-state index is 13.8. The Kier molecular flexibility index (Phi) is 5.00. The van der Waals surface area contributed by atoms with Gasteiger partial charge in [0.05, 0.1) is 12.7 Å². The van der Waals surface area contributed by atoms with Gasteiger partial charge in [-0.15, -0.1) is 0 Å². The number of halogens is 1. The summed E-state index contributed by atoms with van der Waals surface area (Å²) in [4.78, 5) is 15.4. The molecule has 0 aliphatic heterocycles. The number of methoxy groups -OCH3 is 1. The van der Waals surface area contributed by atoms with Crippen LogP contribution >= 0.6 is 0 Å². The first-order valence-electron chi connectivity index (χ1n) is 6.62. The van der Waals surface area contributed by atoms with Gasteiger partial charge in [0, 0.05) is 25.0 Å². The number of ether oxygens (including phenoxy) is 1. The summed E-state index contributed by atoms with van der Waals surface area (Å²) in [6.07, 6.45) is 3.51. The average molecular weight is 288 g/mol. The molecule has 110 valence electrons.